The zero-order chi connectivity index (χ0) is 6.69. The molecule has 12 heavy (non-hydrogen) atoms. The second-order valence-corrected chi connectivity index (χ2v) is 1.67. The SMILES string of the molecule is O=C(O)c1ccccc1.[Au].[CH3-].[CH3-]. The quantitative estimate of drug-likeness (QED) is 0.624. The van der Waals surface area contributed by atoms with Crippen molar-refractivity contribution in [1.82, 2.24) is 0 Å². The van der Waals surface area contributed by atoms with Crippen LogP contribution < -0.4 is 0 Å². The minimum atomic E-state index is -0.879. The van der Waals surface area contributed by atoms with Gasteiger partial charge in [-0.05, 0) is 12.1 Å². The molecule has 0 amide bonds. The van der Waals surface area contributed by atoms with E-state index in [9.17, 15) is 4.79 Å². The average Bonchev–Trinajstić information content (AvgIpc) is 1.90. The summed E-state index contributed by atoms with van der Waals surface area (Å²) in [6.07, 6.45) is 0. The Labute approximate surface area is 89.1 Å². The van der Waals surface area contributed by atoms with Gasteiger partial charge < -0.3 is 20.0 Å². The predicted octanol–water partition coefficient (Wildman–Crippen LogP) is 2.28. The largest absolute Gasteiger partial charge is 0.478 e. The standard InChI is InChI=1S/C7H6O2.2CH3.Au/c8-7(9)6-4-2-1-3-5-6;;;/h1-5H,(H,8,9);2*1H3;/q;2*-1;. The third-order valence-corrected chi connectivity index (χ3v) is 1.02. The van der Waals surface area contributed by atoms with E-state index in [1.165, 1.54) is 0 Å². The molecule has 2 nitrogen and oxygen atoms in total. The van der Waals surface area contributed by atoms with Crippen LogP contribution in [0.15, 0.2) is 30.3 Å². The zero-order valence-corrected chi connectivity index (χ0v) is 9.21. The van der Waals surface area contributed by atoms with Gasteiger partial charge in [0.2, 0.25) is 0 Å². The van der Waals surface area contributed by atoms with Gasteiger partial charge in [-0.2, -0.15) is 0 Å². The molecule has 0 bridgehead atoms. The molecule has 0 saturated heterocycles. The van der Waals surface area contributed by atoms with Crippen LogP contribution in [0.2, 0.25) is 0 Å². The van der Waals surface area contributed by atoms with Crippen LogP contribution in [0, 0.1) is 14.9 Å². The number of hydrogen-bond acceptors (Lipinski definition) is 1. The predicted molar refractivity (Wildman–Crippen MR) is 46.2 cm³/mol. The van der Waals surface area contributed by atoms with Crippen molar-refractivity contribution in [2.24, 2.45) is 0 Å². The van der Waals surface area contributed by atoms with Crippen LogP contribution in [0.25, 0.3) is 0 Å². The first-order valence-corrected chi connectivity index (χ1v) is 2.59. The van der Waals surface area contributed by atoms with Crippen molar-refractivity contribution in [3.63, 3.8) is 0 Å². The van der Waals surface area contributed by atoms with Crippen molar-refractivity contribution in [2.45, 2.75) is 0 Å². The van der Waals surface area contributed by atoms with E-state index in [2.05, 4.69) is 0 Å². The molecule has 0 aliphatic rings. The summed E-state index contributed by atoms with van der Waals surface area (Å²) in [6, 6.07) is 8.30. The molecule has 0 unspecified atom stereocenters. The maximum Gasteiger partial charge on any atom is 0.335 e. The van der Waals surface area contributed by atoms with Crippen LogP contribution in [-0.4, -0.2) is 11.1 Å². The fraction of sp³-hybridized carbons (Fsp3) is 0. The van der Waals surface area contributed by atoms with Gasteiger partial charge in [0.05, 0.1) is 5.56 Å². The van der Waals surface area contributed by atoms with Gasteiger partial charge in [-0.25, -0.2) is 4.79 Å². The van der Waals surface area contributed by atoms with Crippen molar-refractivity contribution >= 4 is 5.97 Å². The van der Waals surface area contributed by atoms with E-state index in [0.29, 0.717) is 5.56 Å². The molecule has 1 rings (SSSR count). The summed E-state index contributed by atoms with van der Waals surface area (Å²) in [4.78, 5) is 10.2. The first kappa shape index (κ1) is 17.5. The number of benzene rings is 1. The van der Waals surface area contributed by atoms with Gasteiger partial charge in [-0.15, -0.1) is 0 Å². The first-order chi connectivity index (χ1) is 4.30. The molecule has 1 N–H and O–H groups in total. The van der Waals surface area contributed by atoms with E-state index in [4.69, 9.17) is 5.11 Å². The van der Waals surface area contributed by atoms with Crippen LogP contribution in [0.3, 0.4) is 0 Å². The summed E-state index contributed by atoms with van der Waals surface area (Å²) in [5.41, 5.74) is 0.331. The van der Waals surface area contributed by atoms with Crippen LogP contribution in [0.5, 0.6) is 0 Å². The van der Waals surface area contributed by atoms with Crippen molar-refractivity contribution in [2.75, 3.05) is 0 Å². The molecular formula is C9H12AuO2-2. The van der Waals surface area contributed by atoms with Gasteiger partial charge in [0.25, 0.3) is 0 Å². The summed E-state index contributed by atoms with van der Waals surface area (Å²) in [5.74, 6) is -0.879. The number of carbonyl (C=O) groups is 1. The maximum atomic E-state index is 10.2. The van der Waals surface area contributed by atoms with Crippen LogP contribution >= 0.6 is 0 Å². The number of aromatic carboxylic acids is 1. The Morgan fingerprint density at radius 2 is 1.50 bits per heavy atom. The Hall–Kier alpha value is -0.570. The summed E-state index contributed by atoms with van der Waals surface area (Å²) in [7, 11) is 0. The van der Waals surface area contributed by atoms with E-state index in [0.717, 1.165) is 0 Å². The van der Waals surface area contributed by atoms with Crippen LogP contribution in [0.4, 0.5) is 0 Å². The third kappa shape index (κ3) is 5.13. The molecule has 0 fully saturated rings. The fourth-order valence-corrected chi connectivity index (χ4v) is 0.581. The molecule has 1 aromatic carbocycles. The fourth-order valence-electron chi connectivity index (χ4n) is 0.581. The third-order valence-electron chi connectivity index (χ3n) is 1.02. The zero-order valence-electron chi connectivity index (χ0n) is 7.04. The maximum absolute atomic E-state index is 10.2. The smallest absolute Gasteiger partial charge is 0.335 e. The molecule has 1 aromatic rings. The normalized spacial score (nSPS) is 6.67. The van der Waals surface area contributed by atoms with E-state index in [1.807, 2.05) is 0 Å². The van der Waals surface area contributed by atoms with Crippen LogP contribution in [0.1, 0.15) is 10.4 Å². The number of rotatable bonds is 1. The van der Waals surface area contributed by atoms with Crippen molar-refractivity contribution in [3.8, 4) is 0 Å². The van der Waals surface area contributed by atoms with Crippen molar-refractivity contribution < 1.29 is 32.3 Å². The minimum absolute atomic E-state index is 0. The summed E-state index contributed by atoms with van der Waals surface area (Å²) >= 11 is 0. The Morgan fingerprint density at radius 1 is 1.08 bits per heavy atom. The molecule has 3 heteroatoms. The minimum Gasteiger partial charge on any atom is -0.478 e. The average molecular weight is 349 g/mol. The van der Waals surface area contributed by atoms with Gasteiger partial charge >= 0.3 is 5.97 Å². The molecule has 0 aliphatic heterocycles. The molecular weight excluding hydrogens is 337 g/mol. The van der Waals surface area contributed by atoms with E-state index in [-0.39, 0.29) is 37.2 Å². The monoisotopic (exact) mass is 349 g/mol. The Bertz CT molecular complexity index is 209. The second-order valence-electron chi connectivity index (χ2n) is 1.67. The Kier molecular flexibility index (Phi) is 12.4. The Balaban J connectivity index is -0.000000270. The van der Waals surface area contributed by atoms with E-state index >= 15 is 0 Å². The molecule has 1 radical (unpaired) electrons. The molecule has 0 spiro atoms. The van der Waals surface area contributed by atoms with Gasteiger partial charge in [-0.3, -0.25) is 0 Å². The topological polar surface area (TPSA) is 37.3 Å². The molecule has 73 valence electrons. The van der Waals surface area contributed by atoms with Gasteiger partial charge in [0.1, 0.15) is 0 Å². The summed E-state index contributed by atoms with van der Waals surface area (Å²) in [5, 5.41) is 8.38. The molecule has 0 atom stereocenters. The van der Waals surface area contributed by atoms with E-state index < -0.39 is 5.97 Å². The molecule has 0 aromatic heterocycles. The first-order valence-electron chi connectivity index (χ1n) is 2.59. The second kappa shape index (κ2) is 8.53. The number of hydrogen-bond donors (Lipinski definition) is 1. The molecule has 0 heterocycles. The summed E-state index contributed by atoms with van der Waals surface area (Å²) in [6.45, 7) is 0. The number of carboxylic acid groups (broad SMARTS) is 1. The van der Waals surface area contributed by atoms with Gasteiger partial charge in [-0.1, -0.05) is 18.2 Å². The summed E-state index contributed by atoms with van der Waals surface area (Å²) < 4.78 is 0. The number of carboxylic acids is 1. The molecule has 0 aliphatic carbocycles. The Morgan fingerprint density at radius 3 is 1.75 bits per heavy atom. The van der Waals surface area contributed by atoms with Crippen LogP contribution in [-0.2, 0) is 22.4 Å². The van der Waals surface area contributed by atoms with Gasteiger partial charge in [0, 0.05) is 22.4 Å². The van der Waals surface area contributed by atoms with E-state index in [1.54, 1.807) is 30.3 Å². The van der Waals surface area contributed by atoms with Crippen molar-refractivity contribution in [3.05, 3.63) is 50.7 Å². The molecule has 0 saturated carbocycles. The van der Waals surface area contributed by atoms with Crippen molar-refractivity contribution in [1.29, 1.82) is 0 Å². The van der Waals surface area contributed by atoms with Gasteiger partial charge in [0.15, 0.2) is 0 Å².